The van der Waals surface area contributed by atoms with Gasteiger partial charge in [0.1, 0.15) is 13.2 Å². The van der Waals surface area contributed by atoms with Gasteiger partial charge in [-0.2, -0.15) is 0 Å². The van der Waals surface area contributed by atoms with E-state index < -0.39 is 20.0 Å². The fraction of sp³-hybridized carbons (Fsp3) is 0.557. The Morgan fingerprint density at radius 3 is 1.30 bits per heavy atom. The highest BCUT2D eigenvalue weighted by atomic mass is 31.2. The first-order valence-electron chi connectivity index (χ1n) is 26.9. The summed E-state index contributed by atoms with van der Waals surface area (Å²) in [5.74, 6) is -0.211. The number of nitrogens with zero attached hydrogens (tertiary/aromatic N) is 1. The molecule has 0 aromatic heterocycles. The monoisotopic (exact) mass is 988 g/mol. The van der Waals surface area contributed by atoms with Crippen LogP contribution in [0.15, 0.2) is 158 Å². The fourth-order valence-electron chi connectivity index (χ4n) is 6.54. The van der Waals surface area contributed by atoms with Gasteiger partial charge in [0.15, 0.2) is 0 Å². The van der Waals surface area contributed by atoms with Crippen LogP contribution in [0.1, 0.15) is 168 Å². The summed E-state index contributed by atoms with van der Waals surface area (Å²) in [5.41, 5.74) is 0. The third kappa shape index (κ3) is 52.0. The van der Waals surface area contributed by atoms with E-state index in [0.29, 0.717) is 17.4 Å². The number of likely N-dealkylation sites (N-methyl/N-ethyl adjacent to an activating group) is 1. The highest BCUT2D eigenvalue weighted by molar-refractivity contribution is 7.47. The molecule has 0 aliphatic rings. The molecule has 9 heteroatoms. The zero-order valence-corrected chi connectivity index (χ0v) is 45.6. The third-order valence-electron chi connectivity index (χ3n) is 10.7. The van der Waals surface area contributed by atoms with Crippen molar-refractivity contribution in [2.75, 3.05) is 40.9 Å². The molecule has 0 bridgehead atoms. The number of hydrogen-bond acceptors (Lipinski definition) is 5. The molecule has 0 aromatic rings. The molecule has 0 rings (SSSR count). The van der Waals surface area contributed by atoms with Gasteiger partial charge in [-0.05, 0) is 109 Å². The van der Waals surface area contributed by atoms with E-state index in [1.807, 2.05) is 27.2 Å². The maximum absolute atomic E-state index is 12.8. The van der Waals surface area contributed by atoms with Gasteiger partial charge >= 0.3 is 7.82 Å². The van der Waals surface area contributed by atoms with Crippen molar-refractivity contribution in [3.63, 3.8) is 0 Å². The van der Waals surface area contributed by atoms with E-state index in [1.54, 1.807) is 6.08 Å². The van der Waals surface area contributed by atoms with Crippen molar-refractivity contribution in [3.05, 3.63) is 158 Å². The zero-order chi connectivity index (χ0) is 51.3. The first-order valence-corrected chi connectivity index (χ1v) is 28.4. The molecule has 1 amide bonds. The van der Waals surface area contributed by atoms with Crippen LogP contribution in [0.5, 0.6) is 0 Å². The van der Waals surface area contributed by atoms with Crippen LogP contribution in [0.2, 0.25) is 0 Å². The number of quaternary nitrogens is 1. The standard InChI is InChI=1S/C61H99N2O6P/c1-6-8-10-12-14-15-16-17-18-19-20-21-22-23-24-25-26-27-28-29-30-31-32-33-34-35-36-37-38-39-40-41-42-43-44-45-46-47-49-51-53-55-61(65)62-59(60(64)54-52-50-48-13-11-9-7-2)58-69-70(66,67)68-57-56-63(3,4)5/h8,10-11,13-15,17-18,20-21,23-24,26-27,29-30,32-33,35-36,38-39,41-42,52,54,59-60,64H,6-7,9,12,16,19,22,25,28,31,34,37,40,43-51,53,55-58H2,1-5H3,(H-,62,65,66,67)/p+1/b10-8-,13-11+,15-14-,18-17-,21-20-,24-23-,27-26-,30-29-,33-32-,36-35-,39-38-,42-41-,54-52+. The second-order valence-electron chi connectivity index (χ2n) is 18.5. The van der Waals surface area contributed by atoms with Gasteiger partial charge in [0.2, 0.25) is 5.91 Å². The quantitative estimate of drug-likeness (QED) is 0.0243. The first kappa shape index (κ1) is 66.1. The maximum atomic E-state index is 12.8. The predicted molar refractivity (Wildman–Crippen MR) is 304 cm³/mol. The molecule has 0 spiro atoms. The number of carbonyl (C=O) groups is 1. The van der Waals surface area contributed by atoms with Gasteiger partial charge in [-0.3, -0.25) is 13.8 Å². The van der Waals surface area contributed by atoms with Crippen molar-refractivity contribution in [1.82, 2.24) is 5.32 Å². The molecule has 0 aliphatic heterocycles. The number of hydrogen-bond donors (Lipinski definition) is 3. The molecule has 394 valence electrons. The second-order valence-corrected chi connectivity index (χ2v) is 20.0. The van der Waals surface area contributed by atoms with Gasteiger partial charge in [0.05, 0.1) is 39.9 Å². The van der Waals surface area contributed by atoms with Crippen LogP contribution in [0.3, 0.4) is 0 Å². The molecule has 0 aliphatic carbocycles. The molecular formula is C61H100N2O6P+. The average Bonchev–Trinajstić information content (AvgIpc) is 3.32. The SMILES string of the molecule is CC/C=C\C/C=C\C/C=C\C/C=C\C/C=C\C/C=C\C/C=C\C/C=C\C/C=C\C/C=C\C/C=C\CCCCCCCCCC(=O)NC(COP(=O)(O)OCC[N+](C)(C)C)C(O)/C=C/CC/C=C/CCC. The molecule has 0 aromatic carbocycles. The molecule has 0 heterocycles. The highest BCUT2D eigenvalue weighted by Crippen LogP contribution is 2.43. The van der Waals surface area contributed by atoms with Crippen LogP contribution in [0.4, 0.5) is 0 Å². The van der Waals surface area contributed by atoms with E-state index in [-0.39, 0.29) is 19.1 Å². The lowest BCUT2D eigenvalue weighted by molar-refractivity contribution is -0.870. The Morgan fingerprint density at radius 2 is 0.871 bits per heavy atom. The number of nitrogens with one attached hydrogen (secondary N) is 1. The molecular weight excluding hydrogens is 888 g/mol. The van der Waals surface area contributed by atoms with Crippen LogP contribution < -0.4 is 5.32 Å². The number of unbranched alkanes of at least 4 members (excludes halogenated alkanes) is 9. The highest BCUT2D eigenvalue weighted by Gasteiger charge is 2.27. The number of allylic oxidation sites excluding steroid dienone is 25. The maximum Gasteiger partial charge on any atom is 0.472 e. The van der Waals surface area contributed by atoms with E-state index in [4.69, 9.17) is 9.05 Å². The molecule has 0 radical (unpaired) electrons. The number of phosphoric ester groups is 1. The number of rotatable bonds is 46. The molecule has 0 saturated heterocycles. The molecule has 0 saturated carbocycles. The summed E-state index contributed by atoms with van der Waals surface area (Å²) in [4.78, 5) is 23.0. The summed E-state index contributed by atoms with van der Waals surface area (Å²) in [6.45, 7) is 4.52. The smallest absolute Gasteiger partial charge is 0.387 e. The van der Waals surface area contributed by atoms with Gasteiger partial charge in [-0.15, -0.1) is 0 Å². The van der Waals surface area contributed by atoms with E-state index in [1.165, 1.54) is 19.3 Å². The van der Waals surface area contributed by atoms with Crippen molar-refractivity contribution in [1.29, 1.82) is 0 Å². The van der Waals surface area contributed by atoms with Crippen LogP contribution in [-0.2, 0) is 18.4 Å². The Hall–Kier alpha value is -3.88. The molecule has 70 heavy (non-hydrogen) atoms. The summed E-state index contributed by atoms with van der Waals surface area (Å²) >= 11 is 0. The van der Waals surface area contributed by atoms with Gasteiger partial charge < -0.3 is 19.8 Å². The largest absolute Gasteiger partial charge is 0.472 e. The summed E-state index contributed by atoms with van der Waals surface area (Å²) in [6, 6.07) is -0.877. The first-order chi connectivity index (χ1) is 34.0. The Kier molecular flexibility index (Phi) is 47.3. The van der Waals surface area contributed by atoms with Gasteiger partial charge in [-0.1, -0.05) is 210 Å². The van der Waals surface area contributed by atoms with E-state index in [2.05, 4.69) is 165 Å². The molecule has 8 nitrogen and oxygen atoms in total. The van der Waals surface area contributed by atoms with Crippen molar-refractivity contribution in [3.8, 4) is 0 Å². The summed E-state index contributed by atoms with van der Waals surface area (Å²) in [7, 11) is 1.52. The number of carbonyl (C=O) groups excluding carboxylic acids is 1. The number of phosphoric acid groups is 1. The van der Waals surface area contributed by atoms with Crippen LogP contribution in [0, 0.1) is 0 Å². The zero-order valence-electron chi connectivity index (χ0n) is 44.7. The fourth-order valence-corrected chi connectivity index (χ4v) is 7.27. The lowest BCUT2D eigenvalue weighted by Crippen LogP contribution is -2.45. The normalized spacial score (nSPS) is 15.2. The lowest BCUT2D eigenvalue weighted by atomic mass is 10.1. The Labute approximate surface area is 429 Å². The molecule has 3 N–H and O–H groups in total. The van der Waals surface area contributed by atoms with E-state index >= 15 is 0 Å². The minimum Gasteiger partial charge on any atom is -0.387 e. The number of amides is 1. The molecule has 3 unspecified atom stereocenters. The third-order valence-corrected chi connectivity index (χ3v) is 11.7. The van der Waals surface area contributed by atoms with Gasteiger partial charge in [0.25, 0.3) is 0 Å². The van der Waals surface area contributed by atoms with Crippen molar-refractivity contribution < 1.29 is 32.9 Å². The Morgan fingerprint density at radius 1 is 0.500 bits per heavy atom. The van der Waals surface area contributed by atoms with Crippen molar-refractivity contribution in [2.24, 2.45) is 0 Å². The van der Waals surface area contributed by atoms with E-state index in [9.17, 15) is 19.4 Å². The van der Waals surface area contributed by atoms with Crippen molar-refractivity contribution >= 4 is 13.7 Å². The summed E-state index contributed by atoms with van der Waals surface area (Å²) < 4.78 is 23.4. The summed E-state index contributed by atoms with van der Waals surface area (Å²) in [5, 5.41) is 13.7. The van der Waals surface area contributed by atoms with Gasteiger partial charge in [0, 0.05) is 6.42 Å². The lowest BCUT2D eigenvalue weighted by Gasteiger charge is -2.25. The predicted octanol–water partition coefficient (Wildman–Crippen LogP) is 16.3. The van der Waals surface area contributed by atoms with Crippen molar-refractivity contribution in [2.45, 2.75) is 180 Å². The van der Waals surface area contributed by atoms with E-state index in [0.717, 1.165) is 128 Å². The number of aliphatic hydroxyl groups excluding tert-OH is 1. The van der Waals surface area contributed by atoms with Crippen LogP contribution >= 0.6 is 7.82 Å². The topological polar surface area (TPSA) is 105 Å². The minimum atomic E-state index is -4.35. The Balaban J connectivity index is 4.04. The molecule has 3 atom stereocenters. The van der Waals surface area contributed by atoms with Crippen LogP contribution in [0.25, 0.3) is 0 Å². The number of aliphatic hydroxyl groups is 1. The second kappa shape index (κ2) is 50.1. The molecule has 0 fully saturated rings. The van der Waals surface area contributed by atoms with Crippen LogP contribution in [-0.4, -0.2) is 73.4 Å². The Bertz CT molecular complexity index is 1690. The summed E-state index contributed by atoms with van der Waals surface area (Å²) in [6.07, 6.45) is 79.5. The minimum absolute atomic E-state index is 0.0447. The van der Waals surface area contributed by atoms with Gasteiger partial charge in [-0.25, -0.2) is 4.57 Å². The average molecular weight is 988 g/mol.